The second-order valence-electron chi connectivity index (χ2n) is 4.58. The molecule has 0 spiro atoms. The molecule has 0 radical (unpaired) electrons. The number of hydrogen-bond acceptors (Lipinski definition) is 3. The van der Waals surface area contributed by atoms with E-state index in [2.05, 4.69) is 18.3 Å². The summed E-state index contributed by atoms with van der Waals surface area (Å²) in [7, 11) is 1.63. The molecule has 4 heteroatoms. The average molecular weight is 250 g/mol. The van der Waals surface area contributed by atoms with Crippen molar-refractivity contribution in [1.82, 2.24) is 5.32 Å². The molecule has 1 atom stereocenters. The first kappa shape index (κ1) is 14.7. The third kappa shape index (κ3) is 3.55. The van der Waals surface area contributed by atoms with Crippen molar-refractivity contribution in [3.63, 3.8) is 0 Å². The lowest BCUT2D eigenvalue weighted by molar-refractivity contribution is -0.120. The molecule has 0 fully saturated rings. The number of aryl methyl sites for hydroxylation is 3. The maximum atomic E-state index is 11.6. The summed E-state index contributed by atoms with van der Waals surface area (Å²) in [5.74, 6) is -0.363. The minimum Gasteiger partial charge on any atom is -0.383 e. The van der Waals surface area contributed by atoms with Gasteiger partial charge in [0, 0.05) is 13.7 Å². The van der Waals surface area contributed by atoms with Gasteiger partial charge >= 0.3 is 0 Å². The van der Waals surface area contributed by atoms with Crippen LogP contribution in [0.4, 0.5) is 0 Å². The SMILES string of the molecule is COCCNC(C(N)=O)c1cc(C)c(C)cc1C. The Morgan fingerprint density at radius 3 is 2.44 bits per heavy atom. The third-order valence-corrected chi connectivity index (χ3v) is 3.13. The van der Waals surface area contributed by atoms with E-state index in [0.717, 1.165) is 16.7 Å². The molecule has 100 valence electrons. The number of nitrogens with two attached hydrogens (primary N) is 1. The molecule has 1 aromatic rings. The molecule has 1 aromatic carbocycles. The van der Waals surface area contributed by atoms with Crippen molar-refractivity contribution in [1.29, 1.82) is 0 Å². The summed E-state index contributed by atoms with van der Waals surface area (Å²) in [4.78, 5) is 11.6. The molecule has 3 N–H and O–H groups in total. The van der Waals surface area contributed by atoms with Crippen molar-refractivity contribution < 1.29 is 9.53 Å². The Labute approximate surface area is 109 Å². The Bertz CT molecular complexity index is 430. The van der Waals surface area contributed by atoms with Crippen LogP contribution in [-0.2, 0) is 9.53 Å². The summed E-state index contributed by atoms with van der Waals surface area (Å²) in [6.45, 7) is 7.23. The van der Waals surface area contributed by atoms with Crippen LogP contribution in [0.3, 0.4) is 0 Å². The van der Waals surface area contributed by atoms with Crippen LogP contribution in [0.15, 0.2) is 12.1 Å². The first-order valence-electron chi connectivity index (χ1n) is 6.06. The predicted octanol–water partition coefficient (Wildman–Crippen LogP) is 1.37. The van der Waals surface area contributed by atoms with Crippen molar-refractivity contribution in [2.45, 2.75) is 26.8 Å². The van der Waals surface area contributed by atoms with Crippen LogP contribution in [0.5, 0.6) is 0 Å². The van der Waals surface area contributed by atoms with Gasteiger partial charge in [0.1, 0.15) is 6.04 Å². The number of nitrogens with one attached hydrogen (secondary N) is 1. The molecule has 1 amide bonds. The van der Waals surface area contributed by atoms with Gasteiger partial charge in [0.15, 0.2) is 0 Å². The van der Waals surface area contributed by atoms with Gasteiger partial charge in [-0.15, -0.1) is 0 Å². The van der Waals surface area contributed by atoms with E-state index in [1.165, 1.54) is 5.56 Å². The monoisotopic (exact) mass is 250 g/mol. The van der Waals surface area contributed by atoms with Crippen LogP contribution in [-0.4, -0.2) is 26.2 Å². The number of carbonyl (C=O) groups is 1. The summed E-state index contributed by atoms with van der Waals surface area (Å²) in [6, 6.07) is 3.65. The van der Waals surface area contributed by atoms with Crippen molar-refractivity contribution in [3.05, 3.63) is 34.4 Å². The van der Waals surface area contributed by atoms with E-state index in [0.29, 0.717) is 13.2 Å². The van der Waals surface area contributed by atoms with Crippen LogP contribution in [0, 0.1) is 20.8 Å². The smallest absolute Gasteiger partial charge is 0.239 e. The first-order valence-corrected chi connectivity index (χ1v) is 6.06. The highest BCUT2D eigenvalue weighted by molar-refractivity contribution is 5.82. The number of ether oxygens (including phenoxy) is 1. The Morgan fingerprint density at radius 1 is 1.28 bits per heavy atom. The largest absolute Gasteiger partial charge is 0.383 e. The second-order valence-corrected chi connectivity index (χ2v) is 4.58. The van der Waals surface area contributed by atoms with Crippen molar-refractivity contribution in [2.24, 2.45) is 5.73 Å². The average Bonchev–Trinajstić information content (AvgIpc) is 2.30. The highest BCUT2D eigenvalue weighted by Gasteiger charge is 2.19. The van der Waals surface area contributed by atoms with Crippen LogP contribution in [0.25, 0.3) is 0 Å². The van der Waals surface area contributed by atoms with Gasteiger partial charge in [-0.1, -0.05) is 12.1 Å². The van der Waals surface area contributed by atoms with E-state index in [1.807, 2.05) is 19.9 Å². The zero-order chi connectivity index (χ0) is 13.7. The van der Waals surface area contributed by atoms with E-state index < -0.39 is 6.04 Å². The number of benzene rings is 1. The van der Waals surface area contributed by atoms with Gasteiger partial charge in [0.25, 0.3) is 0 Å². The molecule has 0 saturated carbocycles. The number of methoxy groups -OCH3 is 1. The fraction of sp³-hybridized carbons (Fsp3) is 0.500. The standard InChI is InChI=1S/C14H22N2O2/c1-9-7-11(3)12(8-10(9)2)13(14(15)17)16-5-6-18-4/h7-8,13,16H,5-6H2,1-4H3,(H2,15,17). The molecule has 4 nitrogen and oxygen atoms in total. The van der Waals surface area contributed by atoms with E-state index in [4.69, 9.17) is 10.5 Å². The summed E-state index contributed by atoms with van der Waals surface area (Å²) < 4.78 is 4.97. The molecule has 18 heavy (non-hydrogen) atoms. The quantitative estimate of drug-likeness (QED) is 0.750. The molecule has 0 aliphatic heterocycles. The Balaban J connectivity index is 2.98. The van der Waals surface area contributed by atoms with Crippen molar-refractivity contribution >= 4 is 5.91 Å². The number of amides is 1. The zero-order valence-electron chi connectivity index (χ0n) is 11.5. The van der Waals surface area contributed by atoms with Gasteiger partial charge in [-0.05, 0) is 43.0 Å². The van der Waals surface area contributed by atoms with Gasteiger partial charge in [-0.3, -0.25) is 10.1 Å². The highest BCUT2D eigenvalue weighted by Crippen LogP contribution is 2.21. The highest BCUT2D eigenvalue weighted by atomic mass is 16.5. The van der Waals surface area contributed by atoms with E-state index >= 15 is 0 Å². The van der Waals surface area contributed by atoms with Crippen LogP contribution >= 0.6 is 0 Å². The fourth-order valence-corrected chi connectivity index (χ4v) is 1.96. The molecule has 1 unspecified atom stereocenters. The molecule has 0 bridgehead atoms. The number of hydrogen-bond donors (Lipinski definition) is 2. The lowest BCUT2D eigenvalue weighted by atomic mass is 9.95. The Kier molecular flexibility index (Phi) is 5.31. The normalized spacial score (nSPS) is 12.4. The summed E-state index contributed by atoms with van der Waals surface area (Å²) in [5, 5.41) is 3.12. The van der Waals surface area contributed by atoms with Gasteiger partial charge in [0.05, 0.1) is 6.61 Å². The Morgan fingerprint density at radius 2 is 1.89 bits per heavy atom. The minimum atomic E-state index is -0.459. The molecule has 0 saturated heterocycles. The zero-order valence-corrected chi connectivity index (χ0v) is 11.5. The van der Waals surface area contributed by atoms with Gasteiger partial charge < -0.3 is 10.5 Å². The molecule has 0 aromatic heterocycles. The summed E-state index contributed by atoms with van der Waals surface area (Å²) in [5.41, 5.74) is 9.87. The number of primary amides is 1. The first-order chi connectivity index (χ1) is 8.47. The second kappa shape index (κ2) is 6.52. The third-order valence-electron chi connectivity index (χ3n) is 3.13. The van der Waals surface area contributed by atoms with Gasteiger partial charge in [-0.25, -0.2) is 0 Å². The molecular formula is C14H22N2O2. The van der Waals surface area contributed by atoms with Crippen LogP contribution in [0.2, 0.25) is 0 Å². The minimum absolute atomic E-state index is 0.363. The van der Waals surface area contributed by atoms with Crippen LogP contribution < -0.4 is 11.1 Å². The van der Waals surface area contributed by atoms with Crippen molar-refractivity contribution in [3.8, 4) is 0 Å². The summed E-state index contributed by atoms with van der Waals surface area (Å²) in [6.07, 6.45) is 0. The molecule has 0 heterocycles. The van der Waals surface area contributed by atoms with E-state index in [9.17, 15) is 4.79 Å². The molecule has 0 aliphatic rings. The van der Waals surface area contributed by atoms with Gasteiger partial charge in [0.2, 0.25) is 5.91 Å². The lowest BCUT2D eigenvalue weighted by Gasteiger charge is -2.19. The molecule has 1 rings (SSSR count). The summed E-state index contributed by atoms with van der Waals surface area (Å²) >= 11 is 0. The maximum Gasteiger partial charge on any atom is 0.239 e. The maximum absolute atomic E-state index is 11.6. The fourth-order valence-electron chi connectivity index (χ4n) is 1.96. The molecule has 0 aliphatic carbocycles. The molecular weight excluding hydrogens is 228 g/mol. The number of rotatable bonds is 6. The van der Waals surface area contributed by atoms with Crippen molar-refractivity contribution in [2.75, 3.05) is 20.3 Å². The predicted molar refractivity (Wildman–Crippen MR) is 72.5 cm³/mol. The van der Waals surface area contributed by atoms with Crippen LogP contribution in [0.1, 0.15) is 28.3 Å². The Hall–Kier alpha value is -1.39. The van der Waals surface area contributed by atoms with Gasteiger partial charge in [-0.2, -0.15) is 0 Å². The number of carbonyl (C=O) groups excluding carboxylic acids is 1. The van der Waals surface area contributed by atoms with E-state index in [1.54, 1.807) is 7.11 Å². The topological polar surface area (TPSA) is 64.3 Å². The van der Waals surface area contributed by atoms with E-state index in [-0.39, 0.29) is 5.91 Å². The lowest BCUT2D eigenvalue weighted by Crippen LogP contribution is -2.36.